The van der Waals surface area contributed by atoms with Crippen molar-refractivity contribution in [1.82, 2.24) is 4.98 Å². The number of carbonyl (C=O) groups is 1. The van der Waals surface area contributed by atoms with Crippen molar-refractivity contribution in [1.29, 1.82) is 0 Å². The lowest BCUT2D eigenvalue weighted by Crippen LogP contribution is -2.19. The number of halogens is 1. The van der Waals surface area contributed by atoms with Gasteiger partial charge in [0.1, 0.15) is 5.01 Å². The summed E-state index contributed by atoms with van der Waals surface area (Å²) in [4.78, 5) is 17.1. The molecule has 0 aliphatic heterocycles. The number of hydrogen-bond donors (Lipinski definition) is 2. The number of nitrogens with one attached hydrogen (secondary N) is 2. The molecule has 0 aliphatic carbocycles. The van der Waals surface area contributed by atoms with E-state index < -0.39 is 0 Å². The second-order valence-electron chi connectivity index (χ2n) is 6.55. The molecule has 1 aromatic heterocycles. The van der Waals surface area contributed by atoms with E-state index in [1.807, 2.05) is 79.0 Å². The topological polar surface area (TPSA) is 54.0 Å². The zero-order valence-electron chi connectivity index (χ0n) is 15.6. The summed E-state index contributed by atoms with van der Waals surface area (Å²) in [5.74, 6) is 0. The predicted octanol–water partition coefficient (Wildman–Crippen LogP) is 7.08. The second kappa shape index (κ2) is 8.47. The molecule has 29 heavy (non-hydrogen) atoms. The van der Waals surface area contributed by atoms with Crippen LogP contribution in [0.15, 0.2) is 78.2 Å². The van der Waals surface area contributed by atoms with E-state index in [-0.39, 0.29) is 6.03 Å². The van der Waals surface area contributed by atoms with Crippen LogP contribution in [0.3, 0.4) is 0 Å². The molecule has 1 heterocycles. The van der Waals surface area contributed by atoms with Crippen LogP contribution in [0.2, 0.25) is 5.02 Å². The average Bonchev–Trinajstić information content (AvgIpc) is 3.21. The van der Waals surface area contributed by atoms with Crippen molar-refractivity contribution in [2.24, 2.45) is 0 Å². The number of rotatable bonds is 4. The zero-order chi connectivity index (χ0) is 20.2. The summed E-state index contributed by atoms with van der Waals surface area (Å²) in [6.07, 6.45) is 0. The molecular weight excluding hydrogens is 402 g/mol. The van der Waals surface area contributed by atoms with Gasteiger partial charge >= 0.3 is 6.03 Å². The predicted molar refractivity (Wildman–Crippen MR) is 122 cm³/mol. The van der Waals surface area contributed by atoms with Gasteiger partial charge in [-0.05, 0) is 36.8 Å². The Morgan fingerprint density at radius 1 is 0.931 bits per heavy atom. The molecular formula is C23H18ClN3OS. The third-order valence-electron chi connectivity index (χ3n) is 4.31. The Labute approximate surface area is 178 Å². The van der Waals surface area contributed by atoms with E-state index >= 15 is 0 Å². The molecule has 0 bridgehead atoms. The van der Waals surface area contributed by atoms with E-state index in [2.05, 4.69) is 10.6 Å². The first-order valence-electron chi connectivity index (χ1n) is 9.04. The highest BCUT2D eigenvalue weighted by molar-refractivity contribution is 7.13. The molecule has 144 valence electrons. The molecule has 2 amide bonds. The molecule has 4 rings (SSSR count). The van der Waals surface area contributed by atoms with Crippen molar-refractivity contribution in [2.45, 2.75) is 6.92 Å². The van der Waals surface area contributed by atoms with Gasteiger partial charge in [-0.3, -0.25) is 0 Å². The van der Waals surface area contributed by atoms with Gasteiger partial charge < -0.3 is 10.6 Å². The Hall–Kier alpha value is -3.15. The Kier molecular flexibility index (Phi) is 5.60. The standard InChI is InChI=1S/C23H18ClN3OS/c1-15-10-11-20(19(24)12-15)27-23(28)25-18-9-5-8-17(13-18)21-14-29-22(26-21)16-6-3-2-4-7-16/h2-14H,1H3,(H2,25,27,28). The Morgan fingerprint density at radius 3 is 2.52 bits per heavy atom. The van der Waals surface area contributed by atoms with E-state index in [0.29, 0.717) is 16.4 Å². The summed E-state index contributed by atoms with van der Waals surface area (Å²) in [5, 5.41) is 9.11. The summed E-state index contributed by atoms with van der Waals surface area (Å²) in [7, 11) is 0. The SMILES string of the molecule is Cc1ccc(NC(=O)Nc2cccc(-c3csc(-c4ccccc4)n3)c2)c(Cl)c1. The van der Waals surface area contributed by atoms with Crippen molar-refractivity contribution in [3.63, 3.8) is 0 Å². The van der Waals surface area contributed by atoms with Gasteiger partial charge in [0.05, 0.1) is 16.4 Å². The highest BCUT2D eigenvalue weighted by atomic mass is 35.5. The smallest absolute Gasteiger partial charge is 0.308 e. The molecule has 0 unspecified atom stereocenters. The van der Waals surface area contributed by atoms with E-state index in [4.69, 9.17) is 16.6 Å². The molecule has 0 saturated carbocycles. The number of nitrogens with zero attached hydrogens (tertiary/aromatic N) is 1. The number of aromatic nitrogens is 1. The van der Waals surface area contributed by atoms with Gasteiger partial charge in [0.15, 0.2) is 0 Å². The number of urea groups is 1. The molecule has 0 fully saturated rings. The first kappa shape index (κ1) is 19.2. The lowest BCUT2D eigenvalue weighted by Gasteiger charge is -2.10. The van der Waals surface area contributed by atoms with Gasteiger partial charge in [0.2, 0.25) is 0 Å². The van der Waals surface area contributed by atoms with E-state index in [9.17, 15) is 4.79 Å². The molecule has 4 aromatic rings. The van der Waals surface area contributed by atoms with Gasteiger partial charge in [-0.25, -0.2) is 9.78 Å². The van der Waals surface area contributed by atoms with Crippen LogP contribution in [0.25, 0.3) is 21.8 Å². The molecule has 0 radical (unpaired) electrons. The minimum atomic E-state index is -0.351. The molecule has 0 atom stereocenters. The maximum Gasteiger partial charge on any atom is 0.323 e. The fourth-order valence-electron chi connectivity index (χ4n) is 2.88. The number of amides is 2. The second-order valence-corrected chi connectivity index (χ2v) is 7.81. The maximum absolute atomic E-state index is 12.4. The number of thiazole rings is 1. The highest BCUT2D eigenvalue weighted by Gasteiger charge is 2.09. The quantitative estimate of drug-likeness (QED) is 0.371. The maximum atomic E-state index is 12.4. The van der Waals surface area contributed by atoms with E-state index in [0.717, 1.165) is 27.4 Å². The number of benzene rings is 3. The Morgan fingerprint density at radius 2 is 1.72 bits per heavy atom. The van der Waals surface area contributed by atoms with Crippen LogP contribution in [-0.2, 0) is 0 Å². The van der Waals surface area contributed by atoms with Gasteiger partial charge in [-0.2, -0.15) is 0 Å². The molecule has 6 heteroatoms. The van der Waals surface area contributed by atoms with Gasteiger partial charge in [-0.1, -0.05) is 60.1 Å². The number of aryl methyl sites for hydroxylation is 1. The van der Waals surface area contributed by atoms with Gasteiger partial charge in [0.25, 0.3) is 0 Å². The first-order chi connectivity index (χ1) is 14.1. The van der Waals surface area contributed by atoms with Crippen LogP contribution in [0.4, 0.5) is 16.2 Å². The lowest BCUT2D eigenvalue weighted by atomic mass is 10.1. The minimum Gasteiger partial charge on any atom is -0.308 e. The zero-order valence-corrected chi connectivity index (χ0v) is 17.2. The number of anilines is 2. The number of carbonyl (C=O) groups excluding carboxylic acids is 1. The van der Waals surface area contributed by atoms with Crippen molar-refractivity contribution in [2.75, 3.05) is 10.6 Å². The van der Waals surface area contributed by atoms with E-state index in [1.54, 1.807) is 17.4 Å². The molecule has 4 nitrogen and oxygen atoms in total. The van der Waals surface area contributed by atoms with E-state index in [1.165, 1.54) is 0 Å². The largest absolute Gasteiger partial charge is 0.323 e. The molecule has 0 saturated heterocycles. The van der Waals surface area contributed by atoms with Crippen LogP contribution < -0.4 is 10.6 Å². The van der Waals surface area contributed by atoms with Crippen molar-refractivity contribution in [3.05, 3.63) is 88.8 Å². The monoisotopic (exact) mass is 419 g/mol. The molecule has 0 spiro atoms. The van der Waals surface area contributed by atoms with Gasteiger partial charge in [-0.15, -0.1) is 11.3 Å². The third kappa shape index (κ3) is 4.65. The highest BCUT2D eigenvalue weighted by Crippen LogP contribution is 2.30. The van der Waals surface area contributed by atoms with Crippen LogP contribution in [-0.4, -0.2) is 11.0 Å². The normalized spacial score (nSPS) is 10.6. The van der Waals surface area contributed by atoms with Crippen LogP contribution in [0, 0.1) is 6.92 Å². The van der Waals surface area contributed by atoms with Crippen molar-refractivity contribution >= 4 is 40.3 Å². The molecule has 2 N–H and O–H groups in total. The average molecular weight is 420 g/mol. The summed E-state index contributed by atoms with van der Waals surface area (Å²) < 4.78 is 0. The van der Waals surface area contributed by atoms with Crippen molar-refractivity contribution < 1.29 is 4.79 Å². The fraction of sp³-hybridized carbons (Fsp3) is 0.0435. The molecule has 0 aliphatic rings. The van der Waals surface area contributed by atoms with Crippen molar-refractivity contribution in [3.8, 4) is 21.8 Å². The minimum absolute atomic E-state index is 0.351. The summed E-state index contributed by atoms with van der Waals surface area (Å²) in [6, 6.07) is 22.8. The lowest BCUT2D eigenvalue weighted by molar-refractivity contribution is 0.262. The summed E-state index contributed by atoms with van der Waals surface area (Å²) >= 11 is 7.78. The third-order valence-corrected chi connectivity index (χ3v) is 5.52. The summed E-state index contributed by atoms with van der Waals surface area (Å²) in [6.45, 7) is 1.95. The first-order valence-corrected chi connectivity index (χ1v) is 10.3. The van der Waals surface area contributed by atoms with Gasteiger partial charge in [0, 0.05) is 22.2 Å². The Bertz CT molecular complexity index is 1160. The summed E-state index contributed by atoms with van der Waals surface area (Å²) in [5.41, 5.74) is 5.18. The molecule has 3 aromatic carbocycles. The Balaban J connectivity index is 1.49. The van der Waals surface area contributed by atoms with Crippen LogP contribution in [0.1, 0.15) is 5.56 Å². The van der Waals surface area contributed by atoms with Crippen LogP contribution in [0.5, 0.6) is 0 Å². The fourth-order valence-corrected chi connectivity index (χ4v) is 4.00. The van der Waals surface area contributed by atoms with Crippen LogP contribution >= 0.6 is 22.9 Å². The number of hydrogen-bond acceptors (Lipinski definition) is 3.